The molecule has 6 nitrogen and oxygen atoms in total. The molecule has 0 N–H and O–H groups in total. The van der Waals surface area contributed by atoms with Gasteiger partial charge < -0.3 is 4.90 Å². The molecule has 1 aromatic heterocycles. The summed E-state index contributed by atoms with van der Waals surface area (Å²) in [6.07, 6.45) is 3.83. The molecule has 1 amide bonds. The van der Waals surface area contributed by atoms with Crippen molar-refractivity contribution in [3.8, 4) is 5.69 Å². The van der Waals surface area contributed by atoms with Gasteiger partial charge in [-0.15, -0.1) is 0 Å². The molecule has 1 saturated heterocycles. The number of fused-ring (bicyclic) bond motifs is 4. The van der Waals surface area contributed by atoms with Crippen LogP contribution in [0.1, 0.15) is 43.0 Å². The smallest absolute Gasteiger partial charge is 0.257 e. The molecule has 4 heterocycles. The molecular weight excluding hydrogens is 446 g/mol. The maximum absolute atomic E-state index is 14.2. The van der Waals surface area contributed by atoms with Crippen molar-refractivity contribution in [3.05, 3.63) is 76.4 Å². The van der Waals surface area contributed by atoms with E-state index < -0.39 is 5.41 Å². The lowest BCUT2D eigenvalue weighted by atomic mass is 9.66. The number of aryl methyl sites for hydroxylation is 1. The summed E-state index contributed by atoms with van der Waals surface area (Å²) >= 11 is 6.42. The van der Waals surface area contributed by atoms with Crippen molar-refractivity contribution in [2.24, 2.45) is 10.5 Å². The number of carbonyl (C=O) groups excluding carboxylic acids is 1. The summed E-state index contributed by atoms with van der Waals surface area (Å²) in [6, 6.07) is 18.0. The van der Waals surface area contributed by atoms with E-state index in [-0.39, 0.29) is 11.9 Å². The molecule has 0 aliphatic carbocycles. The van der Waals surface area contributed by atoms with E-state index >= 15 is 0 Å². The van der Waals surface area contributed by atoms with Crippen molar-refractivity contribution in [1.82, 2.24) is 14.8 Å². The lowest BCUT2D eigenvalue weighted by Gasteiger charge is -2.50. The van der Waals surface area contributed by atoms with Gasteiger partial charge in [0.1, 0.15) is 11.2 Å². The van der Waals surface area contributed by atoms with Crippen molar-refractivity contribution in [2.75, 3.05) is 11.4 Å². The standard InChI is InChI=1S/C27H28ClN5O/c1-18-22-16-27(19(2)30-32(26(27)34)17-20-10-6-7-13-23(20)28)24-14-8-9-15-31(24)25(22)33(29-18)21-11-4-3-5-12-21/h3-7,10-13,24H,8-9,14-17H2,1-2H3. The van der Waals surface area contributed by atoms with Gasteiger partial charge in [0.05, 0.1) is 29.7 Å². The molecule has 0 saturated carbocycles. The van der Waals surface area contributed by atoms with Crippen LogP contribution in [0.2, 0.25) is 5.02 Å². The van der Waals surface area contributed by atoms with Crippen molar-refractivity contribution in [1.29, 1.82) is 0 Å². The molecule has 3 aliphatic heterocycles. The van der Waals surface area contributed by atoms with E-state index in [1.54, 1.807) is 5.01 Å². The highest BCUT2D eigenvalue weighted by Crippen LogP contribution is 2.50. The van der Waals surface area contributed by atoms with E-state index in [1.165, 1.54) is 0 Å². The lowest BCUT2D eigenvalue weighted by molar-refractivity contribution is -0.138. The molecule has 3 aromatic rings. The molecule has 3 aliphatic rings. The van der Waals surface area contributed by atoms with Crippen molar-refractivity contribution < 1.29 is 4.79 Å². The van der Waals surface area contributed by atoms with E-state index in [0.717, 1.165) is 59.8 Å². The number of aromatic nitrogens is 2. The van der Waals surface area contributed by atoms with Crippen LogP contribution in [0, 0.1) is 12.3 Å². The predicted molar refractivity (Wildman–Crippen MR) is 135 cm³/mol. The van der Waals surface area contributed by atoms with E-state index in [2.05, 4.69) is 28.6 Å². The summed E-state index contributed by atoms with van der Waals surface area (Å²) in [7, 11) is 0. The zero-order valence-corrected chi connectivity index (χ0v) is 20.3. The number of hydrazone groups is 1. The first-order valence-corrected chi connectivity index (χ1v) is 12.4. The fraction of sp³-hybridized carbons (Fsp3) is 0.370. The Kier molecular flexibility index (Phi) is 5.03. The Morgan fingerprint density at radius 2 is 1.82 bits per heavy atom. The summed E-state index contributed by atoms with van der Waals surface area (Å²) in [6.45, 7) is 5.39. The average molecular weight is 474 g/mol. The maximum Gasteiger partial charge on any atom is 0.257 e. The maximum atomic E-state index is 14.2. The summed E-state index contributed by atoms with van der Waals surface area (Å²) in [5.74, 6) is 1.23. The minimum Gasteiger partial charge on any atom is -0.352 e. The largest absolute Gasteiger partial charge is 0.352 e. The monoisotopic (exact) mass is 473 g/mol. The number of hydrogen-bond acceptors (Lipinski definition) is 4. The number of nitrogens with zero attached hydrogens (tertiary/aromatic N) is 5. The minimum atomic E-state index is -0.663. The third-order valence-corrected chi connectivity index (χ3v) is 8.14. The molecule has 6 rings (SSSR count). The molecule has 174 valence electrons. The van der Waals surface area contributed by atoms with Crippen LogP contribution >= 0.6 is 11.6 Å². The van der Waals surface area contributed by atoms with Crippen molar-refractivity contribution in [2.45, 2.75) is 52.1 Å². The van der Waals surface area contributed by atoms with Crippen molar-refractivity contribution in [3.63, 3.8) is 0 Å². The molecule has 1 fully saturated rings. The quantitative estimate of drug-likeness (QED) is 0.528. The van der Waals surface area contributed by atoms with Crippen LogP contribution in [-0.2, 0) is 17.8 Å². The molecule has 2 atom stereocenters. The van der Waals surface area contributed by atoms with Gasteiger partial charge in [0.25, 0.3) is 5.91 Å². The Balaban J connectivity index is 1.44. The first-order valence-electron chi connectivity index (χ1n) is 12.0. The number of rotatable bonds is 3. The van der Waals surface area contributed by atoms with E-state index in [9.17, 15) is 4.79 Å². The third kappa shape index (κ3) is 3.04. The third-order valence-electron chi connectivity index (χ3n) is 7.77. The van der Waals surface area contributed by atoms with Crippen LogP contribution in [0.15, 0.2) is 59.7 Å². The summed E-state index contributed by atoms with van der Waals surface area (Å²) in [5, 5.41) is 12.1. The highest BCUT2D eigenvalue weighted by Gasteiger charge is 2.60. The molecule has 2 unspecified atom stereocenters. The molecule has 2 aromatic carbocycles. The van der Waals surface area contributed by atoms with Gasteiger partial charge in [0.2, 0.25) is 0 Å². The molecule has 0 radical (unpaired) electrons. The zero-order valence-electron chi connectivity index (χ0n) is 19.5. The Morgan fingerprint density at radius 3 is 2.62 bits per heavy atom. The van der Waals surface area contributed by atoms with Gasteiger partial charge in [0.15, 0.2) is 0 Å². The Labute approximate surface area is 204 Å². The van der Waals surface area contributed by atoms with E-state index in [0.29, 0.717) is 18.0 Å². The number of benzene rings is 2. The second-order valence-corrected chi connectivity index (χ2v) is 10.0. The van der Waals surface area contributed by atoms with Gasteiger partial charge in [-0.3, -0.25) is 4.79 Å². The van der Waals surface area contributed by atoms with Gasteiger partial charge in [0, 0.05) is 17.1 Å². The van der Waals surface area contributed by atoms with Gasteiger partial charge >= 0.3 is 0 Å². The number of para-hydroxylation sites is 1. The molecule has 1 spiro atoms. The fourth-order valence-electron chi connectivity index (χ4n) is 6.08. The second kappa shape index (κ2) is 7.98. The van der Waals surface area contributed by atoms with Gasteiger partial charge in [-0.1, -0.05) is 48.0 Å². The van der Waals surface area contributed by atoms with Crippen LogP contribution in [-0.4, -0.2) is 39.0 Å². The summed E-state index contributed by atoms with van der Waals surface area (Å²) in [4.78, 5) is 16.6. The molecule has 7 heteroatoms. The van der Waals surface area contributed by atoms with Gasteiger partial charge in [-0.25, -0.2) is 9.69 Å². The number of hydrogen-bond donors (Lipinski definition) is 0. The highest BCUT2D eigenvalue weighted by atomic mass is 35.5. The summed E-state index contributed by atoms with van der Waals surface area (Å²) < 4.78 is 2.07. The average Bonchev–Trinajstić information content (AvgIpc) is 3.31. The van der Waals surface area contributed by atoms with Crippen LogP contribution in [0.25, 0.3) is 5.69 Å². The van der Waals surface area contributed by atoms with Gasteiger partial charge in [-0.2, -0.15) is 10.2 Å². The Bertz CT molecular complexity index is 1300. The fourth-order valence-corrected chi connectivity index (χ4v) is 6.27. The topological polar surface area (TPSA) is 53.7 Å². The lowest BCUT2D eigenvalue weighted by Crippen LogP contribution is -2.61. The predicted octanol–water partition coefficient (Wildman–Crippen LogP) is 5.15. The van der Waals surface area contributed by atoms with Gasteiger partial charge in [-0.05, 0) is 63.3 Å². The number of carbonyl (C=O) groups is 1. The minimum absolute atomic E-state index is 0.0693. The van der Waals surface area contributed by atoms with Crippen LogP contribution in [0.4, 0.5) is 5.82 Å². The van der Waals surface area contributed by atoms with Crippen LogP contribution in [0.5, 0.6) is 0 Å². The number of halogens is 1. The first-order chi connectivity index (χ1) is 16.5. The van der Waals surface area contributed by atoms with Crippen LogP contribution < -0.4 is 4.90 Å². The number of amides is 1. The molecule has 0 bridgehead atoms. The second-order valence-electron chi connectivity index (χ2n) is 9.63. The Hall–Kier alpha value is -3.12. The molecular formula is C27H28ClN5O. The zero-order chi connectivity index (χ0) is 23.4. The highest BCUT2D eigenvalue weighted by molar-refractivity contribution is 6.31. The number of anilines is 1. The SMILES string of the molecule is CC1=NN(Cc2ccccc2Cl)C(=O)C12Cc1c(C)nn(-c3ccccc3)c1N1CCCCC12. The Morgan fingerprint density at radius 1 is 1.06 bits per heavy atom. The number of piperidine rings is 1. The van der Waals surface area contributed by atoms with Crippen molar-refractivity contribution >= 4 is 29.0 Å². The molecule has 34 heavy (non-hydrogen) atoms. The summed E-state index contributed by atoms with van der Waals surface area (Å²) in [5.41, 5.74) is 4.34. The van der Waals surface area contributed by atoms with Crippen LogP contribution in [0.3, 0.4) is 0 Å². The van der Waals surface area contributed by atoms with E-state index in [1.807, 2.05) is 49.4 Å². The normalized spacial score (nSPS) is 23.8. The van der Waals surface area contributed by atoms with E-state index in [4.69, 9.17) is 21.8 Å². The first kappa shape index (κ1) is 21.4.